The lowest BCUT2D eigenvalue weighted by atomic mass is 9.70. The van der Waals surface area contributed by atoms with E-state index in [9.17, 15) is 9.18 Å². The predicted octanol–water partition coefficient (Wildman–Crippen LogP) is 6.71. The number of carbonyl (C=O) groups excluding carboxylic acids is 1. The first kappa shape index (κ1) is 32.2. The van der Waals surface area contributed by atoms with Gasteiger partial charge in [0.2, 0.25) is 0 Å². The van der Waals surface area contributed by atoms with E-state index < -0.39 is 5.82 Å². The number of halogens is 1. The van der Waals surface area contributed by atoms with Crippen LogP contribution >= 0.6 is 0 Å². The molecule has 45 heavy (non-hydrogen) atoms. The fraction of sp³-hybridized carbons (Fsp3) is 0.694. The quantitative estimate of drug-likeness (QED) is 0.316. The van der Waals surface area contributed by atoms with Crippen LogP contribution in [0.1, 0.15) is 96.3 Å². The number of hydrogen-bond acceptors (Lipinski definition) is 7. The molecule has 2 aliphatic heterocycles. The third-order valence-electron chi connectivity index (χ3n) is 11.2. The van der Waals surface area contributed by atoms with Crippen LogP contribution in [0.5, 0.6) is 11.5 Å². The first-order chi connectivity index (χ1) is 21.5. The molecular formula is C36H53FN6O2. The third-order valence-corrected chi connectivity index (χ3v) is 11.2. The standard InChI is InChI=1S/C36H53FN6O2/c1-23(2)43(24(3)4)35(44)30-18-29(37)10-11-31(30)45-32-19-39-22-40-34(32)42-20-36(21-42)12-14-41(15-13-36)33(38)27-9-6-25(5)28(17-27)16-26-7-8-26/h10-11,18-19,22-28,33H,6-9,12-17,20-21,38H2,1-5H3/t25-,27+,28-,33+/m0/s1. The number of amides is 1. The van der Waals surface area contributed by atoms with Crippen molar-refractivity contribution in [2.45, 2.75) is 104 Å². The zero-order valence-electron chi connectivity index (χ0n) is 27.9. The lowest BCUT2D eigenvalue weighted by Crippen LogP contribution is -2.63. The minimum absolute atomic E-state index is 0.0434. The predicted molar refractivity (Wildman–Crippen MR) is 176 cm³/mol. The number of hydrogen-bond donors (Lipinski definition) is 1. The van der Waals surface area contributed by atoms with Gasteiger partial charge >= 0.3 is 0 Å². The van der Waals surface area contributed by atoms with Gasteiger partial charge in [-0.25, -0.2) is 14.4 Å². The van der Waals surface area contributed by atoms with Crippen molar-refractivity contribution in [3.63, 3.8) is 0 Å². The van der Waals surface area contributed by atoms with Crippen LogP contribution in [0, 0.1) is 34.9 Å². The molecule has 1 spiro atoms. The summed E-state index contributed by atoms with van der Waals surface area (Å²) in [6, 6.07) is 4.02. The molecule has 0 bridgehead atoms. The van der Waals surface area contributed by atoms with E-state index in [0.29, 0.717) is 23.2 Å². The van der Waals surface area contributed by atoms with Crippen LogP contribution in [-0.4, -0.2) is 70.1 Å². The second-order valence-corrected chi connectivity index (χ2v) is 15.2. The highest BCUT2D eigenvalue weighted by Crippen LogP contribution is 2.47. The van der Waals surface area contributed by atoms with Gasteiger partial charge in [-0.3, -0.25) is 9.69 Å². The van der Waals surface area contributed by atoms with Crippen molar-refractivity contribution in [2.24, 2.45) is 34.8 Å². The maximum absolute atomic E-state index is 14.4. The van der Waals surface area contributed by atoms with Crippen molar-refractivity contribution in [3.8, 4) is 11.5 Å². The van der Waals surface area contributed by atoms with Crippen molar-refractivity contribution < 1.29 is 13.9 Å². The average molecular weight is 621 g/mol. The van der Waals surface area contributed by atoms with Crippen molar-refractivity contribution in [2.75, 3.05) is 31.1 Å². The van der Waals surface area contributed by atoms with Crippen LogP contribution < -0.4 is 15.4 Å². The van der Waals surface area contributed by atoms with E-state index in [1.165, 1.54) is 63.1 Å². The van der Waals surface area contributed by atoms with Crippen LogP contribution in [0.4, 0.5) is 10.2 Å². The van der Waals surface area contributed by atoms with Crippen LogP contribution in [0.2, 0.25) is 0 Å². The highest BCUT2D eigenvalue weighted by atomic mass is 19.1. The molecule has 9 heteroatoms. The van der Waals surface area contributed by atoms with Crippen molar-refractivity contribution >= 4 is 11.7 Å². The van der Waals surface area contributed by atoms with Crippen LogP contribution in [0.15, 0.2) is 30.7 Å². The van der Waals surface area contributed by atoms with E-state index in [0.717, 1.165) is 56.8 Å². The number of nitrogens with zero attached hydrogens (tertiary/aromatic N) is 5. The molecule has 2 saturated carbocycles. The topological polar surface area (TPSA) is 87.8 Å². The molecule has 4 atom stereocenters. The third kappa shape index (κ3) is 6.99. The first-order valence-corrected chi connectivity index (χ1v) is 17.4. The Kier molecular flexibility index (Phi) is 9.40. The van der Waals surface area contributed by atoms with Crippen LogP contribution in [0.25, 0.3) is 0 Å². The summed E-state index contributed by atoms with van der Waals surface area (Å²) >= 11 is 0. The van der Waals surface area contributed by atoms with Gasteiger partial charge in [-0.05, 0) is 102 Å². The van der Waals surface area contributed by atoms with Gasteiger partial charge in [-0.1, -0.05) is 26.2 Å². The maximum atomic E-state index is 14.4. The number of ether oxygens (including phenoxy) is 1. The number of anilines is 1. The van der Waals surface area contributed by atoms with Gasteiger partial charge in [-0.15, -0.1) is 0 Å². The van der Waals surface area contributed by atoms with Crippen LogP contribution in [0.3, 0.4) is 0 Å². The Bertz CT molecular complexity index is 1320. The Morgan fingerprint density at radius 2 is 1.80 bits per heavy atom. The van der Waals surface area contributed by atoms with Gasteiger partial charge in [0.1, 0.15) is 17.9 Å². The number of carbonyl (C=O) groups is 1. The van der Waals surface area contributed by atoms with E-state index >= 15 is 0 Å². The Balaban J connectivity index is 1.08. The maximum Gasteiger partial charge on any atom is 0.258 e. The summed E-state index contributed by atoms with van der Waals surface area (Å²) in [5.74, 6) is 4.06. The minimum atomic E-state index is -0.477. The zero-order valence-corrected chi connectivity index (χ0v) is 27.9. The number of likely N-dealkylation sites (tertiary alicyclic amines) is 1. The smallest absolute Gasteiger partial charge is 0.258 e. The molecule has 2 aromatic rings. The molecule has 0 unspecified atom stereocenters. The number of rotatable bonds is 10. The van der Waals surface area contributed by atoms with Gasteiger partial charge in [-0.2, -0.15) is 0 Å². The van der Waals surface area contributed by atoms with Gasteiger partial charge < -0.3 is 20.3 Å². The molecular weight excluding hydrogens is 567 g/mol. The number of benzene rings is 1. The number of nitrogens with two attached hydrogens (primary N) is 1. The largest absolute Gasteiger partial charge is 0.451 e. The highest BCUT2D eigenvalue weighted by Gasteiger charge is 2.47. The Hall–Kier alpha value is -2.78. The van der Waals surface area contributed by atoms with E-state index in [1.54, 1.807) is 11.1 Å². The molecule has 2 aliphatic carbocycles. The van der Waals surface area contributed by atoms with Gasteiger partial charge in [0.25, 0.3) is 5.91 Å². The molecule has 4 fully saturated rings. The second-order valence-electron chi connectivity index (χ2n) is 15.2. The summed E-state index contributed by atoms with van der Waals surface area (Å²) in [6.45, 7) is 14.2. The monoisotopic (exact) mass is 620 g/mol. The summed E-state index contributed by atoms with van der Waals surface area (Å²) in [7, 11) is 0. The Labute approximate surface area is 268 Å². The summed E-state index contributed by atoms with van der Waals surface area (Å²) in [5.41, 5.74) is 7.41. The highest BCUT2D eigenvalue weighted by molar-refractivity contribution is 5.97. The normalized spacial score (nSPS) is 25.8. The van der Waals surface area contributed by atoms with Crippen molar-refractivity contribution in [1.29, 1.82) is 0 Å². The molecule has 246 valence electrons. The van der Waals surface area contributed by atoms with E-state index in [1.807, 2.05) is 27.7 Å². The Morgan fingerprint density at radius 1 is 1.09 bits per heavy atom. The second kappa shape index (κ2) is 13.1. The summed E-state index contributed by atoms with van der Waals surface area (Å²) in [6.07, 6.45) is 13.8. The minimum Gasteiger partial charge on any atom is -0.451 e. The molecule has 0 radical (unpaired) electrons. The SMILES string of the molecule is CC(C)N(C(=O)c1cc(F)ccc1Oc1cncnc1N1CC2(CCN([C@@H](N)[C@@H]3CC[C@H](C)[C@@H](CC4CC4)C3)CC2)C1)C(C)C. The summed E-state index contributed by atoms with van der Waals surface area (Å²) in [4.78, 5) is 28.9. The van der Waals surface area contributed by atoms with Crippen molar-refractivity contribution in [1.82, 2.24) is 19.8 Å². The van der Waals surface area contributed by atoms with Crippen molar-refractivity contribution in [3.05, 3.63) is 42.1 Å². The van der Waals surface area contributed by atoms with Crippen LogP contribution in [-0.2, 0) is 0 Å². The molecule has 6 rings (SSSR count). The fourth-order valence-corrected chi connectivity index (χ4v) is 8.40. The summed E-state index contributed by atoms with van der Waals surface area (Å²) < 4.78 is 20.7. The molecule has 1 aromatic carbocycles. The lowest BCUT2D eigenvalue weighted by Gasteiger charge is -2.55. The molecule has 3 heterocycles. The average Bonchev–Trinajstić information content (AvgIpc) is 3.82. The summed E-state index contributed by atoms with van der Waals surface area (Å²) in [5, 5.41) is 0. The Morgan fingerprint density at radius 3 is 2.47 bits per heavy atom. The van der Waals surface area contributed by atoms with Gasteiger partial charge in [0.15, 0.2) is 11.6 Å². The fourth-order valence-electron chi connectivity index (χ4n) is 8.40. The van der Waals surface area contributed by atoms with E-state index in [-0.39, 0.29) is 35.1 Å². The van der Waals surface area contributed by atoms with E-state index in [2.05, 4.69) is 26.7 Å². The molecule has 2 N–H and O–H groups in total. The first-order valence-electron chi connectivity index (χ1n) is 17.4. The van der Waals surface area contributed by atoms with E-state index in [4.69, 9.17) is 10.5 Å². The molecule has 2 saturated heterocycles. The molecule has 4 aliphatic rings. The van der Waals surface area contributed by atoms with Gasteiger partial charge in [0, 0.05) is 43.7 Å². The molecule has 1 aromatic heterocycles. The lowest BCUT2D eigenvalue weighted by molar-refractivity contribution is 0.0169. The van der Waals surface area contributed by atoms with Gasteiger partial charge in [0.05, 0.1) is 17.9 Å². The number of aromatic nitrogens is 2. The number of piperidine rings is 1. The molecule has 1 amide bonds. The zero-order chi connectivity index (χ0) is 31.9. The molecule has 8 nitrogen and oxygen atoms in total.